The molecule has 0 fully saturated rings. The van der Waals surface area contributed by atoms with Crippen LogP contribution in [-0.4, -0.2) is 41.4 Å². The Morgan fingerprint density at radius 3 is 2.43 bits per heavy atom. The Balaban J connectivity index is 3.51. The molecule has 0 radical (unpaired) electrons. The van der Waals surface area contributed by atoms with Crippen LogP contribution in [0.2, 0.25) is 0 Å². The highest BCUT2D eigenvalue weighted by molar-refractivity contribution is 8.13. The Morgan fingerprint density at radius 1 is 1.38 bits per heavy atom. The number of hydrogen-bond acceptors (Lipinski definition) is 5. The molecule has 5 nitrogen and oxygen atoms in total. The van der Waals surface area contributed by atoms with E-state index in [1.54, 1.807) is 14.1 Å². The molecule has 6 heteroatoms. The predicted molar refractivity (Wildman–Crippen MR) is 82.4 cm³/mol. The molecule has 21 heavy (non-hydrogen) atoms. The quantitative estimate of drug-likeness (QED) is 0.514. The fraction of sp³-hybridized carbons (Fsp3) is 0.400. The van der Waals surface area contributed by atoms with Crippen molar-refractivity contribution in [3.8, 4) is 5.75 Å². The minimum Gasteiger partial charge on any atom is -0.507 e. The molecule has 0 aliphatic carbocycles. The van der Waals surface area contributed by atoms with Gasteiger partial charge < -0.3 is 10.0 Å². The summed E-state index contributed by atoms with van der Waals surface area (Å²) in [5.74, 6) is -0.451. The summed E-state index contributed by atoms with van der Waals surface area (Å²) in [6.07, 6.45) is 1.81. The summed E-state index contributed by atoms with van der Waals surface area (Å²) in [5, 5.41) is 10.0. The molecule has 0 aromatic heterocycles. The molecule has 114 valence electrons. The highest BCUT2D eigenvalue weighted by Gasteiger charge is 2.22. The molecule has 1 amide bonds. The normalized spacial score (nSPS) is 10.3. The van der Waals surface area contributed by atoms with Gasteiger partial charge in [0.2, 0.25) is 0 Å². The van der Waals surface area contributed by atoms with Gasteiger partial charge in [-0.25, -0.2) is 0 Å². The van der Waals surface area contributed by atoms with Gasteiger partial charge in [-0.15, -0.1) is 0 Å². The Kier molecular flexibility index (Phi) is 5.96. The van der Waals surface area contributed by atoms with Gasteiger partial charge in [-0.2, -0.15) is 0 Å². The number of benzene rings is 1. The smallest absolute Gasteiger partial charge is 0.285 e. The van der Waals surface area contributed by atoms with Gasteiger partial charge in [-0.3, -0.25) is 14.4 Å². The molecule has 1 rings (SSSR count). The van der Waals surface area contributed by atoms with Gasteiger partial charge in [0.15, 0.2) is 12.1 Å². The van der Waals surface area contributed by atoms with E-state index in [1.807, 2.05) is 6.92 Å². The Bertz CT molecular complexity index is 582. The number of Topliss-reactive ketones (excluding diaryl/α,β-unsaturated/α-hetero) is 1. The number of carbonyl (C=O) groups is 3. The summed E-state index contributed by atoms with van der Waals surface area (Å²) in [6.45, 7) is 3.25. The second-order valence-corrected chi connectivity index (χ2v) is 5.82. The number of nitrogens with zero attached hydrogens (tertiary/aromatic N) is 1. The molecule has 1 aromatic carbocycles. The Hall–Kier alpha value is -1.82. The first kappa shape index (κ1) is 17.2. The summed E-state index contributed by atoms with van der Waals surface area (Å²) in [7, 11) is 3.22. The standard InChI is InChI=1S/C15H19NO4S/c1-5-6-11-13(19)12(9(2)18)7-10(8-17)14(11)21-15(20)16(3)4/h7-8,19H,5-6H2,1-4H3. The molecule has 0 aliphatic rings. The lowest BCUT2D eigenvalue weighted by atomic mass is 9.99. The number of carbonyl (C=O) groups excluding carboxylic acids is 3. The number of ketones is 1. The zero-order chi connectivity index (χ0) is 16.2. The van der Waals surface area contributed by atoms with Crippen molar-refractivity contribution in [2.45, 2.75) is 31.6 Å². The van der Waals surface area contributed by atoms with Crippen LogP contribution in [0.3, 0.4) is 0 Å². The van der Waals surface area contributed by atoms with Crippen molar-refractivity contribution >= 4 is 29.1 Å². The molecule has 0 spiro atoms. The predicted octanol–water partition coefficient (Wildman–Crippen LogP) is 3.13. The zero-order valence-corrected chi connectivity index (χ0v) is 13.4. The lowest BCUT2D eigenvalue weighted by Gasteiger charge is -2.17. The second kappa shape index (κ2) is 7.26. The maximum Gasteiger partial charge on any atom is 0.285 e. The van der Waals surface area contributed by atoms with E-state index in [4.69, 9.17) is 0 Å². The molecule has 0 saturated heterocycles. The van der Waals surface area contributed by atoms with Crippen molar-refractivity contribution in [1.29, 1.82) is 0 Å². The van der Waals surface area contributed by atoms with Crippen LogP contribution >= 0.6 is 11.8 Å². The zero-order valence-electron chi connectivity index (χ0n) is 12.6. The van der Waals surface area contributed by atoms with Crippen LogP contribution in [0.25, 0.3) is 0 Å². The van der Waals surface area contributed by atoms with Gasteiger partial charge in [-0.1, -0.05) is 13.3 Å². The maximum atomic E-state index is 11.9. The fourth-order valence-electron chi connectivity index (χ4n) is 1.87. The first-order chi connectivity index (χ1) is 9.83. The molecule has 0 saturated carbocycles. The second-order valence-electron chi connectivity index (χ2n) is 4.86. The highest BCUT2D eigenvalue weighted by Crippen LogP contribution is 2.37. The van der Waals surface area contributed by atoms with Gasteiger partial charge >= 0.3 is 0 Å². The van der Waals surface area contributed by atoms with Gasteiger partial charge in [0, 0.05) is 30.1 Å². The number of rotatable bonds is 5. The molecule has 0 bridgehead atoms. The third kappa shape index (κ3) is 3.85. The third-order valence-electron chi connectivity index (χ3n) is 2.94. The minimum atomic E-state index is -0.316. The van der Waals surface area contributed by atoms with Crippen LogP contribution in [0.5, 0.6) is 5.75 Å². The summed E-state index contributed by atoms with van der Waals surface area (Å²) in [6, 6.07) is 1.34. The van der Waals surface area contributed by atoms with E-state index in [2.05, 4.69) is 0 Å². The highest BCUT2D eigenvalue weighted by atomic mass is 32.2. The van der Waals surface area contributed by atoms with Crippen molar-refractivity contribution in [3.63, 3.8) is 0 Å². The molecule has 0 aliphatic heterocycles. The third-order valence-corrected chi connectivity index (χ3v) is 4.16. The van der Waals surface area contributed by atoms with Crippen molar-refractivity contribution in [1.82, 2.24) is 4.90 Å². The van der Waals surface area contributed by atoms with Crippen LogP contribution in [-0.2, 0) is 6.42 Å². The molecular weight excluding hydrogens is 290 g/mol. The monoisotopic (exact) mass is 309 g/mol. The SMILES string of the molecule is CCCc1c(O)c(C(C)=O)cc(C=O)c1SC(=O)N(C)C. The van der Waals surface area contributed by atoms with Crippen LogP contribution in [0.15, 0.2) is 11.0 Å². The van der Waals surface area contributed by atoms with E-state index in [9.17, 15) is 19.5 Å². The summed E-state index contributed by atoms with van der Waals surface area (Å²) in [5.41, 5.74) is 0.844. The number of phenols is 1. The van der Waals surface area contributed by atoms with Crippen molar-refractivity contribution < 1.29 is 19.5 Å². The van der Waals surface area contributed by atoms with Gasteiger partial charge in [0.25, 0.3) is 5.24 Å². The first-order valence-corrected chi connectivity index (χ1v) is 7.39. The van der Waals surface area contributed by atoms with E-state index in [1.165, 1.54) is 17.9 Å². The lowest BCUT2D eigenvalue weighted by Crippen LogP contribution is -2.17. The number of aromatic hydroxyl groups is 1. The van der Waals surface area contributed by atoms with Crippen LogP contribution in [0, 0.1) is 0 Å². The average molecular weight is 309 g/mol. The largest absolute Gasteiger partial charge is 0.507 e. The Morgan fingerprint density at radius 2 is 2.00 bits per heavy atom. The maximum absolute atomic E-state index is 11.9. The van der Waals surface area contributed by atoms with Gasteiger partial charge in [0.1, 0.15) is 5.75 Å². The number of hydrogen-bond donors (Lipinski definition) is 1. The number of phenolic OH excluding ortho intramolecular Hbond substituents is 1. The number of thioether (sulfide) groups is 1. The minimum absolute atomic E-state index is 0.113. The van der Waals surface area contributed by atoms with Crippen molar-refractivity contribution in [2.75, 3.05) is 14.1 Å². The molecule has 1 aromatic rings. The molecule has 0 atom stereocenters. The van der Waals surface area contributed by atoms with Crippen molar-refractivity contribution in [3.05, 3.63) is 22.8 Å². The molecular formula is C15H19NO4S. The van der Waals surface area contributed by atoms with Gasteiger partial charge in [-0.05, 0) is 31.2 Å². The topological polar surface area (TPSA) is 74.7 Å². The van der Waals surface area contributed by atoms with E-state index >= 15 is 0 Å². The van der Waals surface area contributed by atoms with E-state index in [0.29, 0.717) is 23.2 Å². The summed E-state index contributed by atoms with van der Waals surface area (Å²) >= 11 is 0.889. The Labute approximate surface area is 128 Å². The van der Waals surface area contributed by atoms with Crippen LogP contribution in [0.4, 0.5) is 4.79 Å². The van der Waals surface area contributed by atoms with Gasteiger partial charge in [0.05, 0.1) is 5.56 Å². The molecule has 0 heterocycles. The van der Waals surface area contributed by atoms with Crippen molar-refractivity contribution in [2.24, 2.45) is 0 Å². The fourth-order valence-corrected chi connectivity index (χ4v) is 2.77. The first-order valence-electron chi connectivity index (χ1n) is 6.57. The van der Waals surface area contributed by atoms with E-state index in [-0.39, 0.29) is 27.9 Å². The number of aldehydes is 1. The van der Waals surface area contributed by atoms with E-state index < -0.39 is 0 Å². The molecule has 1 N–H and O–H groups in total. The van der Waals surface area contributed by atoms with Crippen LogP contribution < -0.4 is 0 Å². The summed E-state index contributed by atoms with van der Waals surface area (Å²) in [4.78, 5) is 36.6. The number of amides is 1. The summed E-state index contributed by atoms with van der Waals surface area (Å²) < 4.78 is 0. The van der Waals surface area contributed by atoms with E-state index in [0.717, 1.165) is 18.2 Å². The average Bonchev–Trinajstić information content (AvgIpc) is 2.42. The lowest BCUT2D eigenvalue weighted by molar-refractivity contribution is 0.101. The van der Waals surface area contributed by atoms with Crippen LogP contribution in [0.1, 0.15) is 46.5 Å². The molecule has 0 unspecified atom stereocenters.